The number of hydrogen-bond donors (Lipinski definition) is 2. The first-order chi connectivity index (χ1) is 8.13. The van der Waals surface area contributed by atoms with Gasteiger partial charge in [0.05, 0.1) is 0 Å². The number of amides is 1. The van der Waals surface area contributed by atoms with Crippen LogP contribution in [-0.4, -0.2) is 43.0 Å². The molecule has 1 atom stereocenters. The van der Waals surface area contributed by atoms with Crippen LogP contribution < -0.4 is 11.1 Å². The van der Waals surface area contributed by atoms with E-state index in [-0.39, 0.29) is 30.7 Å². The molecule has 1 saturated heterocycles. The number of nitrogens with two attached hydrogens (primary N) is 1. The van der Waals surface area contributed by atoms with E-state index in [2.05, 4.69) is 24.1 Å². The minimum absolute atomic E-state index is 0. The summed E-state index contributed by atoms with van der Waals surface area (Å²) in [5, 5.41) is 2.99. The van der Waals surface area contributed by atoms with Crippen molar-refractivity contribution in [3.8, 4) is 0 Å². The molecule has 0 aromatic heterocycles. The standard InChI is InChI=1S/C13H27N3O.2ClH/c1-11-5-8-16(9-6-11)12(2)10-15-13(17)4-3-7-14;;/h11-12H,3-10,14H2,1-2H3,(H,15,17);2*1H. The number of rotatable bonds is 6. The lowest BCUT2D eigenvalue weighted by molar-refractivity contribution is -0.121. The molecule has 0 aromatic rings. The topological polar surface area (TPSA) is 58.4 Å². The minimum atomic E-state index is 0. The lowest BCUT2D eigenvalue weighted by Gasteiger charge is -2.35. The van der Waals surface area contributed by atoms with Gasteiger partial charge in [-0.15, -0.1) is 24.8 Å². The zero-order valence-electron chi connectivity index (χ0n) is 12.1. The van der Waals surface area contributed by atoms with Crippen LogP contribution in [0.1, 0.15) is 39.5 Å². The van der Waals surface area contributed by atoms with Gasteiger partial charge in [-0.25, -0.2) is 0 Å². The van der Waals surface area contributed by atoms with Crippen LogP contribution in [0.2, 0.25) is 0 Å². The molecule has 3 N–H and O–H groups in total. The molecule has 0 aromatic carbocycles. The largest absolute Gasteiger partial charge is 0.355 e. The van der Waals surface area contributed by atoms with E-state index in [0.29, 0.717) is 19.0 Å². The van der Waals surface area contributed by atoms with Gasteiger partial charge in [0.1, 0.15) is 0 Å². The Kier molecular flexibility index (Phi) is 13.2. The molecule has 19 heavy (non-hydrogen) atoms. The van der Waals surface area contributed by atoms with Gasteiger partial charge in [0.25, 0.3) is 0 Å². The second-order valence-electron chi connectivity index (χ2n) is 5.26. The van der Waals surface area contributed by atoms with Crippen LogP contribution in [0, 0.1) is 5.92 Å². The Hall–Kier alpha value is -0.0300. The summed E-state index contributed by atoms with van der Waals surface area (Å²) in [4.78, 5) is 13.9. The molecular weight excluding hydrogens is 285 g/mol. The lowest BCUT2D eigenvalue weighted by atomic mass is 9.98. The first-order valence-corrected chi connectivity index (χ1v) is 6.84. The van der Waals surface area contributed by atoms with E-state index in [1.54, 1.807) is 0 Å². The van der Waals surface area contributed by atoms with Gasteiger partial charge in [-0.3, -0.25) is 9.69 Å². The number of likely N-dealkylation sites (tertiary alicyclic amines) is 1. The summed E-state index contributed by atoms with van der Waals surface area (Å²) < 4.78 is 0. The van der Waals surface area contributed by atoms with E-state index < -0.39 is 0 Å². The highest BCUT2D eigenvalue weighted by Crippen LogP contribution is 2.17. The number of nitrogens with one attached hydrogen (secondary N) is 1. The van der Waals surface area contributed by atoms with Crippen molar-refractivity contribution in [3.05, 3.63) is 0 Å². The molecule has 0 spiro atoms. The SMILES string of the molecule is CC1CCN(C(C)CNC(=O)CCCN)CC1.Cl.Cl. The van der Waals surface area contributed by atoms with Gasteiger partial charge in [-0.2, -0.15) is 0 Å². The summed E-state index contributed by atoms with van der Waals surface area (Å²) in [5.74, 6) is 0.991. The van der Waals surface area contributed by atoms with Gasteiger partial charge < -0.3 is 11.1 Å². The summed E-state index contributed by atoms with van der Waals surface area (Å²) >= 11 is 0. The van der Waals surface area contributed by atoms with Crippen molar-refractivity contribution in [2.45, 2.75) is 45.6 Å². The summed E-state index contributed by atoms with van der Waals surface area (Å²) in [6, 6.07) is 0.448. The molecule has 0 bridgehead atoms. The maximum atomic E-state index is 11.5. The summed E-state index contributed by atoms with van der Waals surface area (Å²) in [6.07, 6.45) is 3.90. The zero-order valence-corrected chi connectivity index (χ0v) is 13.7. The number of halogens is 2. The van der Waals surface area contributed by atoms with Crippen LogP contribution >= 0.6 is 24.8 Å². The summed E-state index contributed by atoms with van der Waals surface area (Å²) in [7, 11) is 0. The number of nitrogens with zero attached hydrogens (tertiary/aromatic N) is 1. The third-order valence-corrected chi connectivity index (χ3v) is 3.64. The Balaban J connectivity index is 0. The monoisotopic (exact) mass is 313 g/mol. The van der Waals surface area contributed by atoms with E-state index in [1.165, 1.54) is 25.9 Å². The predicted molar refractivity (Wildman–Crippen MR) is 85.2 cm³/mol. The van der Waals surface area contributed by atoms with Crippen LogP contribution in [-0.2, 0) is 4.79 Å². The highest BCUT2D eigenvalue weighted by molar-refractivity contribution is 5.85. The van der Waals surface area contributed by atoms with Gasteiger partial charge in [0.15, 0.2) is 0 Å². The van der Waals surface area contributed by atoms with Crippen LogP contribution in [0.4, 0.5) is 0 Å². The van der Waals surface area contributed by atoms with Crippen LogP contribution in [0.25, 0.3) is 0 Å². The van der Waals surface area contributed by atoms with E-state index >= 15 is 0 Å². The van der Waals surface area contributed by atoms with E-state index in [9.17, 15) is 4.79 Å². The Morgan fingerprint density at radius 3 is 2.47 bits per heavy atom. The second kappa shape index (κ2) is 11.8. The summed E-state index contributed by atoms with van der Waals surface area (Å²) in [5.41, 5.74) is 5.37. The fourth-order valence-corrected chi connectivity index (χ4v) is 2.21. The summed E-state index contributed by atoms with van der Waals surface area (Å²) in [6.45, 7) is 8.20. The highest BCUT2D eigenvalue weighted by atomic mass is 35.5. The van der Waals surface area contributed by atoms with Crippen LogP contribution in [0.15, 0.2) is 0 Å². The van der Waals surface area contributed by atoms with Gasteiger partial charge in [0, 0.05) is 19.0 Å². The number of carbonyl (C=O) groups is 1. The second-order valence-corrected chi connectivity index (χ2v) is 5.26. The van der Waals surface area contributed by atoms with Crippen molar-refractivity contribution in [2.24, 2.45) is 11.7 Å². The Bertz CT molecular complexity index is 234. The average Bonchev–Trinajstić information content (AvgIpc) is 2.34. The number of carbonyl (C=O) groups excluding carboxylic acids is 1. The van der Waals surface area contributed by atoms with Gasteiger partial charge in [-0.1, -0.05) is 6.92 Å². The van der Waals surface area contributed by atoms with Gasteiger partial charge in [-0.05, 0) is 51.7 Å². The predicted octanol–water partition coefficient (Wildman–Crippen LogP) is 1.81. The van der Waals surface area contributed by atoms with Crippen molar-refractivity contribution in [1.29, 1.82) is 0 Å². The van der Waals surface area contributed by atoms with Gasteiger partial charge in [0.2, 0.25) is 5.91 Å². The van der Waals surface area contributed by atoms with Crippen LogP contribution in [0.3, 0.4) is 0 Å². The smallest absolute Gasteiger partial charge is 0.220 e. The molecule has 1 heterocycles. The molecule has 0 saturated carbocycles. The molecule has 1 unspecified atom stereocenters. The molecule has 1 aliphatic heterocycles. The third kappa shape index (κ3) is 8.69. The molecule has 0 aliphatic carbocycles. The number of piperidine rings is 1. The Morgan fingerprint density at radius 2 is 1.95 bits per heavy atom. The molecular formula is C13H29Cl2N3O. The molecule has 116 valence electrons. The maximum Gasteiger partial charge on any atom is 0.220 e. The van der Waals surface area contributed by atoms with E-state index in [4.69, 9.17) is 5.73 Å². The first-order valence-electron chi connectivity index (χ1n) is 6.84. The maximum absolute atomic E-state index is 11.5. The first kappa shape index (κ1) is 21.3. The highest BCUT2D eigenvalue weighted by Gasteiger charge is 2.20. The zero-order chi connectivity index (χ0) is 12.7. The quantitative estimate of drug-likeness (QED) is 0.786. The van der Waals surface area contributed by atoms with Crippen LogP contribution in [0.5, 0.6) is 0 Å². The fourth-order valence-electron chi connectivity index (χ4n) is 2.21. The number of hydrogen-bond acceptors (Lipinski definition) is 3. The molecule has 0 radical (unpaired) electrons. The van der Waals surface area contributed by atoms with Crippen molar-refractivity contribution in [3.63, 3.8) is 0 Å². The molecule has 1 rings (SSSR count). The fraction of sp³-hybridized carbons (Fsp3) is 0.923. The van der Waals surface area contributed by atoms with E-state index in [1.807, 2.05) is 0 Å². The third-order valence-electron chi connectivity index (χ3n) is 3.64. The average molecular weight is 314 g/mol. The normalized spacial score (nSPS) is 18.1. The lowest BCUT2D eigenvalue weighted by Crippen LogP contribution is -2.45. The molecule has 1 aliphatic rings. The molecule has 1 amide bonds. The van der Waals surface area contributed by atoms with Crippen molar-refractivity contribution < 1.29 is 4.79 Å². The van der Waals surface area contributed by atoms with Crippen molar-refractivity contribution in [1.82, 2.24) is 10.2 Å². The minimum Gasteiger partial charge on any atom is -0.355 e. The van der Waals surface area contributed by atoms with E-state index in [0.717, 1.165) is 18.9 Å². The van der Waals surface area contributed by atoms with Gasteiger partial charge >= 0.3 is 0 Å². The molecule has 1 fully saturated rings. The Morgan fingerprint density at radius 1 is 1.37 bits per heavy atom. The van der Waals surface area contributed by atoms with Crippen molar-refractivity contribution in [2.75, 3.05) is 26.2 Å². The molecule has 4 nitrogen and oxygen atoms in total. The Labute approximate surface area is 129 Å². The van der Waals surface area contributed by atoms with Crippen molar-refractivity contribution >= 4 is 30.7 Å². The molecule has 6 heteroatoms.